The van der Waals surface area contributed by atoms with E-state index in [-0.39, 0.29) is 11.9 Å². The van der Waals surface area contributed by atoms with Crippen molar-refractivity contribution in [3.05, 3.63) is 24.3 Å². The molecular weight excluding hydrogens is 204 g/mol. The van der Waals surface area contributed by atoms with Gasteiger partial charge in [0.2, 0.25) is 5.91 Å². The molecule has 1 aromatic heterocycles. The van der Waals surface area contributed by atoms with Crippen molar-refractivity contribution in [3.63, 3.8) is 0 Å². The zero-order valence-corrected chi connectivity index (χ0v) is 9.73. The Labute approximate surface area is 95.7 Å². The minimum absolute atomic E-state index is 0.0266. The fourth-order valence-corrected chi connectivity index (χ4v) is 1.19. The number of carbonyl (C=O) groups is 1. The molecule has 88 valence electrons. The lowest BCUT2D eigenvalue weighted by atomic mass is 10.2. The van der Waals surface area contributed by atoms with Gasteiger partial charge in [0.05, 0.1) is 6.04 Å². The number of aromatic nitrogens is 2. The van der Waals surface area contributed by atoms with Gasteiger partial charge in [-0.15, -0.1) is 0 Å². The largest absolute Gasteiger partial charge is 0.355 e. The maximum atomic E-state index is 11.5. The van der Waals surface area contributed by atoms with E-state index >= 15 is 0 Å². The van der Waals surface area contributed by atoms with Gasteiger partial charge in [0.15, 0.2) is 0 Å². The first-order valence-electron chi connectivity index (χ1n) is 5.49. The van der Waals surface area contributed by atoms with Crippen LogP contribution in [0.15, 0.2) is 18.7 Å². The lowest BCUT2D eigenvalue weighted by molar-refractivity contribution is -0.122. The van der Waals surface area contributed by atoms with E-state index in [1.165, 1.54) is 6.33 Å². The van der Waals surface area contributed by atoms with E-state index in [1.807, 2.05) is 13.8 Å². The van der Waals surface area contributed by atoms with Crippen molar-refractivity contribution in [3.8, 4) is 0 Å². The maximum absolute atomic E-state index is 11.5. The third-order valence-corrected chi connectivity index (χ3v) is 2.17. The average Bonchev–Trinajstić information content (AvgIpc) is 2.34. The molecule has 5 nitrogen and oxygen atoms in total. The summed E-state index contributed by atoms with van der Waals surface area (Å²) >= 11 is 0. The SMILES string of the molecule is CCCNC(=O)C(C)NCc1cncnc1. The molecule has 1 atom stereocenters. The molecule has 0 aliphatic heterocycles. The van der Waals surface area contributed by atoms with Gasteiger partial charge in [-0.2, -0.15) is 0 Å². The first kappa shape index (κ1) is 12.6. The van der Waals surface area contributed by atoms with Crippen LogP contribution < -0.4 is 10.6 Å². The first-order chi connectivity index (χ1) is 7.74. The van der Waals surface area contributed by atoms with Gasteiger partial charge >= 0.3 is 0 Å². The topological polar surface area (TPSA) is 66.9 Å². The van der Waals surface area contributed by atoms with Gasteiger partial charge in [0.1, 0.15) is 6.33 Å². The van der Waals surface area contributed by atoms with Crippen molar-refractivity contribution in [2.24, 2.45) is 0 Å². The summed E-state index contributed by atoms with van der Waals surface area (Å²) in [4.78, 5) is 19.3. The summed E-state index contributed by atoms with van der Waals surface area (Å²) in [6.45, 7) is 5.19. The van der Waals surface area contributed by atoms with Crippen molar-refractivity contribution < 1.29 is 4.79 Å². The Bertz CT molecular complexity index is 315. The van der Waals surface area contributed by atoms with E-state index < -0.39 is 0 Å². The number of carbonyl (C=O) groups excluding carboxylic acids is 1. The van der Waals surface area contributed by atoms with Crippen molar-refractivity contribution in [2.75, 3.05) is 6.54 Å². The van der Waals surface area contributed by atoms with Crippen molar-refractivity contribution in [1.29, 1.82) is 0 Å². The molecule has 0 radical (unpaired) electrons. The number of rotatable bonds is 6. The molecule has 1 heterocycles. The maximum Gasteiger partial charge on any atom is 0.236 e. The van der Waals surface area contributed by atoms with Crippen molar-refractivity contribution in [2.45, 2.75) is 32.9 Å². The molecule has 5 heteroatoms. The second-order valence-corrected chi connectivity index (χ2v) is 3.64. The van der Waals surface area contributed by atoms with Gasteiger partial charge in [0.25, 0.3) is 0 Å². The third kappa shape index (κ3) is 4.35. The lowest BCUT2D eigenvalue weighted by Gasteiger charge is -2.13. The highest BCUT2D eigenvalue weighted by atomic mass is 16.2. The Morgan fingerprint density at radius 2 is 2.12 bits per heavy atom. The lowest BCUT2D eigenvalue weighted by Crippen LogP contribution is -2.42. The fourth-order valence-electron chi connectivity index (χ4n) is 1.19. The summed E-state index contributed by atoms with van der Waals surface area (Å²) in [6, 6.07) is -0.202. The van der Waals surface area contributed by atoms with Gasteiger partial charge in [0, 0.05) is 31.0 Å². The second-order valence-electron chi connectivity index (χ2n) is 3.64. The quantitative estimate of drug-likeness (QED) is 0.734. The molecular formula is C11H18N4O. The molecule has 0 fully saturated rings. The molecule has 1 amide bonds. The predicted octanol–water partition coefficient (Wildman–Crippen LogP) is 0.481. The number of nitrogens with zero attached hydrogens (tertiary/aromatic N) is 2. The summed E-state index contributed by atoms with van der Waals surface area (Å²) < 4.78 is 0. The summed E-state index contributed by atoms with van der Waals surface area (Å²) in [6.07, 6.45) is 5.90. The molecule has 2 N–H and O–H groups in total. The Kier molecular flexibility index (Phi) is 5.42. The van der Waals surface area contributed by atoms with Crippen LogP contribution in [-0.2, 0) is 11.3 Å². The smallest absolute Gasteiger partial charge is 0.236 e. The Morgan fingerprint density at radius 3 is 2.75 bits per heavy atom. The van der Waals surface area contributed by atoms with E-state index in [0.717, 1.165) is 18.5 Å². The number of hydrogen-bond acceptors (Lipinski definition) is 4. The molecule has 1 rings (SSSR count). The monoisotopic (exact) mass is 222 g/mol. The van der Waals surface area contributed by atoms with Crippen LogP contribution in [0.4, 0.5) is 0 Å². The van der Waals surface area contributed by atoms with Gasteiger partial charge in [-0.05, 0) is 13.3 Å². The molecule has 0 saturated heterocycles. The van der Waals surface area contributed by atoms with E-state index in [1.54, 1.807) is 12.4 Å². The highest BCUT2D eigenvalue weighted by Crippen LogP contribution is 1.93. The zero-order valence-electron chi connectivity index (χ0n) is 9.73. The van der Waals surface area contributed by atoms with Crippen LogP contribution in [0.2, 0.25) is 0 Å². The minimum atomic E-state index is -0.202. The normalized spacial score (nSPS) is 12.1. The molecule has 0 bridgehead atoms. The van der Waals surface area contributed by atoms with E-state index in [4.69, 9.17) is 0 Å². The molecule has 0 spiro atoms. The fraction of sp³-hybridized carbons (Fsp3) is 0.545. The molecule has 16 heavy (non-hydrogen) atoms. The van der Waals surface area contributed by atoms with Crippen LogP contribution in [-0.4, -0.2) is 28.5 Å². The van der Waals surface area contributed by atoms with Crippen molar-refractivity contribution in [1.82, 2.24) is 20.6 Å². The molecule has 1 unspecified atom stereocenters. The molecule has 1 aromatic rings. The predicted molar refractivity (Wildman–Crippen MR) is 61.6 cm³/mol. The Morgan fingerprint density at radius 1 is 1.44 bits per heavy atom. The van der Waals surface area contributed by atoms with E-state index in [9.17, 15) is 4.79 Å². The molecule has 0 aliphatic rings. The van der Waals surface area contributed by atoms with Gasteiger partial charge in [-0.3, -0.25) is 4.79 Å². The summed E-state index contributed by atoms with van der Waals surface area (Å²) in [7, 11) is 0. The van der Waals surface area contributed by atoms with Crippen LogP contribution in [0.3, 0.4) is 0 Å². The van der Waals surface area contributed by atoms with Gasteiger partial charge in [-0.1, -0.05) is 6.92 Å². The standard InChI is InChI=1S/C11H18N4O/c1-3-4-14-11(16)9(2)15-7-10-5-12-8-13-6-10/h5-6,8-9,15H,3-4,7H2,1-2H3,(H,14,16). The van der Waals surface area contributed by atoms with Crippen LogP contribution in [0.5, 0.6) is 0 Å². The number of hydrogen-bond donors (Lipinski definition) is 2. The van der Waals surface area contributed by atoms with Crippen LogP contribution in [0, 0.1) is 0 Å². The van der Waals surface area contributed by atoms with Gasteiger partial charge in [-0.25, -0.2) is 9.97 Å². The van der Waals surface area contributed by atoms with Gasteiger partial charge < -0.3 is 10.6 Å². The first-order valence-corrected chi connectivity index (χ1v) is 5.49. The van der Waals surface area contributed by atoms with Crippen LogP contribution >= 0.6 is 0 Å². The molecule has 0 saturated carbocycles. The summed E-state index contributed by atoms with van der Waals surface area (Å²) in [5.41, 5.74) is 0.970. The average molecular weight is 222 g/mol. The zero-order chi connectivity index (χ0) is 11.8. The number of amides is 1. The Balaban J connectivity index is 2.29. The number of nitrogens with one attached hydrogen (secondary N) is 2. The van der Waals surface area contributed by atoms with E-state index in [0.29, 0.717) is 6.54 Å². The highest BCUT2D eigenvalue weighted by molar-refractivity contribution is 5.81. The highest BCUT2D eigenvalue weighted by Gasteiger charge is 2.10. The van der Waals surface area contributed by atoms with E-state index in [2.05, 4.69) is 20.6 Å². The minimum Gasteiger partial charge on any atom is -0.355 e. The summed E-state index contributed by atoms with van der Waals surface area (Å²) in [5.74, 6) is 0.0266. The van der Waals surface area contributed by atoms with Crippen LogP contribution in [0.25, 0.3) is 0 Å². The van der Waals surface area contributed by atoms with Crippen molar-refractivity contribution >= 4 is 5.91 Å². The molecule has 0 aromatic carbocycles. The van der Waals surface area contributed by atoms with Crippen LogP contribution in [0.1, 0.15) is 25.8 Å². The molecule has 0 aliphatic carbocycles. The summed E-state index contributed by atoms with van der Waals surface area (Å²) in [5, 5.41) is 5.95. The third-order valence-electron chi connectivity index (χ3n) is 2.17. The Hall–Kier alpha value is -1.49. The second kappa shape index (κ2) is 6.90.